The van der Waals surface area contributed by atoms with Crippen LogP contribution in [0, 0.1) is 6.92 Å². The van der Waals surface area contributed by atoms with Gasteiger partial charge in [0.2, 0.25) is 0 Å². The van der Waals surface area contributed by atoms with E-state index < -0.39 is 41.0 Å². The third kappa shape index (κ3) is 5.15. The number of hydrogen-bond acceptors (Lipinski definition) is 3. The number of alkyl halides is 6. The molecule has 0 fully saturated rings. The maximum absolute atomic E-state index is 12.8. The van der Waals surface area contributed by atoms with Gasteiger partial charge in [-0.2, -0.15) is 26.3 Å². The van der Waals surface area contributed by atoms with E-state index in [1.165, 1.54) is 18.2 Å². The van der Waals surface area contributed by atoms with E-state index >= 15 is 0 Å². The maximum Gasteiger partial charge on any atom is 0.416 e. The summed E-state index contributed by atoms with van der Waals surface area (Å²) in [5.41, 5.74) is -3.69. The number of nitrogens with one attached hydrogen (secondary N) is 2. The number of phenols is 1. The Bertz CT molecular complexity index is 890. The molecule has 2 aromatic rings. The molecule has 0 saturated carbocycles. The molecule has 2 amide bonds. The standard InChI is InChI=1S/C17H12F6N2O3/c1-8-2-3-13(26)12(4-8)25-15(28)14(27)24-11-6-9(16(18,19)20)5-10(7-11)17(21,22)23/h2-7,26H,1H3,(H,24,27)(H,25,28). The number of anilines is 2. The quantitative estimate of drug-likeness (QED) is 0.395. The molecule has 0 heterocycles. The average Bonchev–Trinajstić information content (AvgIpc) is 2.56. The number of carbonyl (C=O) groups is 2. The Morgan fingerprint density at radius 3 is 1.82 bits per heavy atom. The summed E-state index contributed by atoms with van der Waals surface area (Å²) < 4.78 is 76.9. The lowest BCUT2D eigenvalue weighted by atomic mass is 10.1. The number of carbonyl (C=O) groups excluding carboxylic acids is 2. The minimum atomic E-state index is -5.10. The van der Waals surface area contributed by atoms with Crippen molar-refractivity contribution in [2.75, 3.05) is 10.6 Å². The molecule has 150 valence electrons. The molecule has 11 heteroatoms. The van der Waals surface area contributed by atoms with Gasteiger partial charge in [-0.05, 0) is 42.8 Å². The van der Waals surface area contributed by atoms with E-state index in [9.17, 15) is 41.0 Å². The number of benzene rings is 2. The highest BCUT2D eigenvalue weighted by molar-refractivity contribution is 6.43. The Morgan fingerprint density at radius 2 is 1.32 bits per heavy atom. The molecule has 0 unspecified atom stereocenters. The van der Waals surface area contributed by atoms with Crippen LogP contribution in [0.15, 0.2) is 36.4 Å². The van der Waals surface area contributed by atoms with Gasteiger partial charge in [0, 0.05) is 5.69 Å². The Labute approximate surface area is 154 Å². The maximum atomic E-state index is 12.8. The Balaban J connectivity index is 2.27. The topological polar surface area (TPSA) is 78.4 Å². The van der Waals surface area contributed by atoms with Crippen molar-refractivity contribution >= 4 is 23.2 Å². The van der Waals surface area contributed by atoms with Crippen LogP contribution in [0.5, 0.6) is 5.75 Å². The summed E-state index contributed by atoms with van der Waals surface area (Å²) in [5.74, 6) is -3.30. The summed E-state index contributed by atoms with van der Waals surface area (Å²) in [6.07, 6.45) is -10.2. The number of halogens is 6. The van der Waals surface area contributed by atoms with E-state index in [0.717, 1.165) is 0 Å². The highest BCUT2D eigenvalue weighted by Gasteiger charge is 2.37. The lowest BCUT2D eigenvalue weighted by molar-refractivity contribution is -0.143. The number of phenolic OH excluding ortho intramolecular Hbond substituents is 1. The molecule has 0 aromatic heterocycles. The molecule has 0 atom stereocenters. The van der Waals surface area contributed by atoms with Gasteiger partial charge < -0.3 is 15.7 Å². The van der Waals surface area contributed by atoms with Gasteiger partial charge in [0.25, 0.3) is 0 Å². The summed E-state index contributed by atoms with van der Waals surface area (Å²) in [6, 6.07) is 4.47. The van der Waals surface area contributed by atoms with Crippen molar-refractivity contribution in [1.82, 2.24) is 0 Å². The van der Waals surface area contributed by atoms with Gasteiger partial charge >= 0.3 is 24.2 Å². The third-order valence-electron chi connectivity index (χ3n) is 3.45. The lowest BCUT2D eigenvalue weighted by Crippen LogP contribution is -2.29. The number of aromatic hydroxyl groups is 1. The van der Waals surface area contributed by atoms with E-state index in [1.54, 1.807) is 12.2 Å². The molecule has 5 nitrogen and oxygen atoms in total. The van der Waals surface area contributed by atoms with Crippen molar-refractivity contribution in [2.24, 2.45) is 0 Å². The molecule has 0 aliphatic carbocycles. The van der Waals surface area contributed by atoms with Crippen LogP contribution in [0.25, 0.3) is 0 Å². The second kappa shape index (κ2) is 7.41. The smallest absolute Gasteiger partial charge is 0.416 e. The number of rotatable bonds is 2. The summed E-state index contributed by atoms with van der Waals surface area (Å²) in [4.78, 5) is 23.7. The molecule has 3 N–H and O–H groups in total. The van der Waals surface area contributed by atoms with Gasteiger partial charge in [-0.1, -0.05) is 6.07 Å². The lowest BCUT2D eigenvalue weighted by Gasteiger charge is -2.15. The van der Waals surface area contributed by atoms with Gasteiger partial charge in [-0.25, -0.2) is 0 Å². The van der Waals surface area contributed by atoms with Crippen LogP contribution in [0.3, 0.4) is 0 Å². The van der Waals surface area contributed by atoms with E-state index in [0.29, 0.717) is 5.56 Å². The van der Waals surface area contributed by atoms with Gasteiger partial charge in [-0.3, -0.25) is 9.59 Å². The van der Waals surface area contributed by atoms with E-state index in [4.69, 9.17) is 0 Å². The normalized spacial score (nSPS) is 11.8. The van der Waals surface area contributed by atoms with Crippen molar-refractivity contribution in [1.29, 1.82) is 0 Å². The average molecular weight is 406 g/mol. The first-order valence-corrected chi connectivity index (χ1v) is 7.49. The van der Waals surface area contributed by atoms with Crippen LogP contribution >= 0.6 is 0 Å². The molecule has 0 saturated heterocycles. The second-order valence-corrected chi connectivity index (χ2v) is 5.72. The number of hydrogen-bond donors (Lipinski definition) is 3. The zero-order valence-corrected chi connectivity index (χ0v) is 14.0. The molecule has 0 spiro atoms. The summed E-state index contributed by atoms with van der Waals surface area (Å²) >= 11 is 0. The van der Waals surface area contributed by atoms with Crippen LogP contribution in [-0.4, -0.2) is 16.9 Å². The number of aryl methyl sites for hydroxylation is 1. The fraction of sp³-hybridized carbons (Fsp3) is 0.176. The highest BCUT2D eigenvalue weighted by Crippen LogP contribution is 2.37. The molecule has 0 radical (unpaired) electrons. The number of amides is 2. The molecule has 0 bridgehead atoms. The minimum Gasteiger partial charge on any atom is -0.506 e. The molecular formula is C17H12F6N2O3. The van der Waals surface area contributed by atoms with E-state index in [-0.39, 0.29) is 29.6 Å². The van der Waals surface area contributed by atoms with Gasteiger partial charge in [-0.15, -0.1) is 0 Å². The molecule has 0 aliphatic heterocycles. The van der Waals surface area contributed by atoms with Crippen molar-refractivity contribution in [3.05, 3.63) is 53.1 Å². The highest BCUT2D eigenvalue weighted by atomic mass is 19.4. The monoisotopic (exact) mass is 406 g/mol. The van der Waals surface area contributed by atoms with Gasteiger partial charge in [0.1, 0.15) is 5.75 Å². The SMILES string of the molecule is Cc1ccc(O)c(NC(=O)C(=O)Nc2cc(C(F)(F)F)cc(C(F)(F)F)c2)c1. The molecule has 0 aliphatic rings. The van der Waals surface area contributed by atoms with Crippen molar-refractivity contribution in [3.63, 3.8) is 0 Å². The van der Waals surface area contributed by atoms with Gasteiger partial charge in [0.05, 0.1) is 16.8 Å². The van der Waals surface area contributed by atoms with Crippen LogP contribution in [0.1, 0.15) is 16.7 Å². The molecule has 2 aromatic carbocycles. The van der Waals surface area contributed by atoms with Crippen LogP contribution < -0.4 is 10.6 Å². The zero-order chi connectivity index (χ0) is 21.3. The van der Waals surface area contributed by atoms with Crippen LogP contribution in [0.4, 0.5) is 37.7 Å². The van der Waals surface area contributed by atoms with Crippen molar-refractivity contribution < 1.29 is 41.0 Å². The predicted octanol–water partition coefficient (Wildman–Crippen LogP) is 4.32. The Hall–Kier alpha value is -3.24. The second-order valence-electron chi connectivity index (χ2n) is 5.72. The predicted molar refractivity (Wildman–Crippen MR) is 86.5 cm³/mol. The minimum absolute atomic E-state index is 0.111. The van der Waals surface area contributed by atoms with Crippen molar-refractivity contribution in [2.45, 2.75) is 19.3 Å². The third-order valence-corrected chi connectivity index (χ3v) is 3.45. The fourth-order valence-electron chi connectivity index (χ4n) is 2.14. The largest absolute Gasteiger partial charge is 0.506 e. The van der Waals surface area contributed by atoms with E-state index in [2.05, 4.69) is 0 Å². The Morgan fingerprint density at radius 1 is 0.821 bits per heavy atom. The fourth-order valence-corrected chi connectivity index (χ4v) is 2.14. The molecule has 28 heavy (non-hydrogen) atoms. The van der Waals surface area contributed by atoms with E-state index in [1.807, 2.05) is 5.32 Å². The summed E-state index contributed by atoms with van der Waals surface area (Å²) in [5, 5.41) is 13.3. The summed E-state index contributed by atoms with van der Waals surface area (Å²) in [6.45, 7) is 1.62. The van der Waals surface area contributed by atoms with Crippen LogP contribution in [-0.2, 0) is 21.9 Å². The molecule has 2 rings (SSSR count). The van der Waals surface area contributed by atoms with Crippen LogP contribution in [0.2, 0.25) is 0 Å². The Kier molecular flexibility index (Phi) is 5.57. The first-order chi connectivity index (χ1) is 12.8. The van der Waals surface area contributed by atoms with Gasteiger partial charge in [0.15, 0.2) is 0 Å². The first kappa shape index (κ1) is 21.1. The van der Waals surface area contributed by atoms with Crippen molar-refractivity contribution in [3.8, 4) is 5.75 Å². The summed E-state index contributed by atoms with van der Waals surface area (Å²) in [7, 11) is 0. The zero-order valence-electron chi connectivity index (χ0n) is 14.0. The first-order valence-electron chi connectivity index (χ1n) is 7.49. The molecular weight excluding hydrogens is 394 g/mol.